The lowest BCUT2D eigenvalue weighted by Crippen LogP contribution is -2.33. The number of rotatable bonds is 8. The molecule has 8 nitrogen and oxygen atoms in total. The average molecular weight is 448 g/mol. The van der Waals surface area contributed by atoms with Crippen molar-refractivity contribution in [3.8, 4) is 11.5 Å². The fraction of sp³-hybridized carbons (Fsp3) is 0.409. The molecule has 1 amide bonds. The molecule has 3 rings (SSSR count). The van der Waals surface area contributed by atoms with Gasteiger partial charge in [-0.25, -0.2) is 12.7 Å². The van der Waals surface area contributed by atoms with Crippen LogP contribution in [0, 0.1) is 0 Å². The van der Waals surface area contributed by atoms with Gasteiger partial charge in [0.1, 0.15) is 16.4 Å². The van der Waals surface area contributed by atoms with E-state index >= 15 is 0 Å². The van der Waals surface area contributed by atoms with E-state index in [1.165, 1.54) is 27.3 Å². The highest BCUT2D eigenvalue weighted by Gasteiger charge is 2.28. The molecule has 1 fully saturated rings. The summed E-state index contributed by atoms with van der Waals surface area (Å²) in [6.45, 7) is 1.03. The van der Waals surface area contributed by atoms with E-state index in [1.54, 1.807) is 19.2 Å². The second-order valence-electron chi connectivity index (χ2n) is 7.61. The minimum atomic E-state index is -3.72. The zero-order valence-corrected chi connectivity index (χ0v) is 19.1. The van der Waals surface area contributed by atoms with Gasteiger partial charge in [0.05, 0.1) is 20.8 Å². The van der Waals surface area contributed by atoms with Crippen LogP contribution in [0.15, 0.2) is 47.4 Å². The van der Waals surface area contributed by atoms with E-state index in [9.17, 15) is 13.2 Å². The zero-order valence-electron chi connectivity index (χ0n) is 18.3. The third-order valence-corrected chi connectivity index (χ3v) is 7.23. The first kappa shape index (κ1) is 23.1. The third kappa shape index (κ3) is 5.17. The summed E-state index contributed by atoms with van der Waals surface area (Å²) in [5, 5.41) is 2.82. The van der Waals surface area contributed by atoms with E-state index in [2.05, 4.69) is 10.2 Å². The Bertz CT molecular complexity index is 1040. The lowest BCUT2D eigenvalue weighted by Gasteiger charge is -2.24. The van der Waals surface area contributed by atoms with E-state index in [4.69, 9.17) is 9.47 Å². The lowest BCUT2D eigenvalue weighted by molar-refractivity contribution is -0.117. The predicted octanol–water partition coefficient (Wildman–Crippen LogP) is 2.73. The van der Waals surface area contributed by atoms with E-state index in [-0.39, 0.29) is 29.1 Å². The molecule has 168 valence electrons. The number of nitrogens with one attached hydrogen (secondary N) is 1. The average Bonchev–Trinajstić information content (AvgIpc) is 3.21. The Hall–Kier alpha value is -2.62. The highest BCUT2D eigenvalue weighted by atomic mass is 32.2. The molecule has 0 bridgehead atoms. The van der Waals surface area contributed by atoms with Crippen LogP contribution < -0.4 is 14.8 Å². The van der Waals surface area contributed by atoms with Gasteiger partial charge in [-0.1, -0.05) is 12.1 Å². The summed E-state index contributed by atoms with van der Waals surface area (Å²) in [5.74, 6) is 0.819. The minimum absolute atomic E-state index is 0.00762. The Balaban J connectivity index is 1.74. The van der Waals surface area contributed by atoms with Crippen molar-refractivity contribution >= 4 is 21.6 Å². The summed E-state index contributed by atoms with van der Waals surface area (Å²) in [7, 11) is 2.23. The number of methoxy groups -OCH3 is 2. The van der Waals surface area contributed by atoms with Crippen LogP contribution in [0.2, 0.25) is 0 Å². The summed E-state index contributed by atoms with van der Waals surface area (Å²) in [6, 6.07) is 12.6. The number of ether oxygens (including phenoxy) is 2. The molecule has 1 unspecified atom stereocenters. The van der Waals surface area contributed by atoms with Gasteiger partial charge in [-0.15, -0.1) is 0 Å². The van der Waals surface area contributed by atoms with Crippen LogP contribution in [0.3, 0.4) is 0 Å². The molecule has 1 atom stereocenters. The van der Waals surface area contributed by atoms with E-state index in [1.807, 2.05) is 24.3 Å². The molecule has 1 heterocycles. The number of anilines is 1. The fourth-order valence-electron chi connectivity index (χ4n) is 3.78. The van der Waals surface area contributed by atoms with Gasteiger partial charge in [-0.2, -0.15) is 0 Å². The highest BCUT2D eigenvalue weighted by Crippen LogP contribution is 2.33. The molecular weight excluding hydrogens is 418 g/mol. The van der Waals surface area contributed by atoms with Gasteiger partial charge in [0.2, 0.25) is 15.9 Å². The summed E-state index contributed by atoms with van der Waals surface area (Å²) >= 11 is 0. The largest absolute Gasteiger partial charge is 0.497 e. The second kappa shape index (κ2) is 9.67. The first-order chi connectivity index (χ1) is 14.8. The number of hydrogen-bond donors (Lipinski definition) is 1. The number of carbonyl (C=O) groups is 1. The molecule has 2 aromatic carbocycles. The first-order valence-corrected chi connectivity index (χ1v) is 11.5. The molecule has 9 heteroatoms. The molecule has 0 spiro atoms. The van der Waals surface area contributed by atoms with Gasteiger partial charge in [-0.05, 0) is 55.3 Å². The van der Waals surface area contributed by atoms with E-state index in [0.29, 0.717) is 5.69 Å². The molecule has 1 N–H and O–H groups in total. The first-order valence-electron chi connectivity index (χ1n) is 10.0. The quantitative estimate of drug-likeness (QED) is 0.670. The van der Waals surface area contributed by atoms with Crippen molar-refractivity contribution in [2.45, 2.75) is 23.8 Å². The number of likely N-dealkylation sites (tertiary alicyclic amines) is 1. The van der Waals surface area contributed by atoms with Crippen molar-refractivity contribution in [1.29, 1.82) is 0 Å². The molecule has 31 heavy (non-hydrogen) atoms. The lowest BCUT2D eigenvalue weighted by atomic mass is 10.0. The number of hydrogen-bond acceptors (Lipinski definition) is 6. The van der Waals surface area contributed by atoms with Gasteiger partial charge in [-0.3, -0.25) is 9.69 Å². The van der Waals surface area contributed by atoms with Gasteiger partial charge >= 0.3 is 0 Å². The topological polar surface area (TPSA) is 88.2 Å². The number of amides is 1. The monoisotopic (exact) mass is 447 g/mol. The van der Waals surface area contributed by atoms with E-state index < -0.39 is 10.0 Å². The summed E-state index contributed by atoms with van der Waals surface area (Å²) in [5.41, 5.74) is 1.52. The fourth-order valence-corrected chi connectivity index (χ4v) is 4.85. The Morgan fingerprint density at radius 2 is 1.94 bits per heavy atom. The van der Waals surface area contributed by atoms with Gasteiger partial charge in [0, 0.05) is 25.8 Å². The highest BCUT2D eigenvalue weighted by molar-refractivity contribution is 7.89. The van der Waals surface area contributed by atoms with Gasteiger partial charge < -0.3 is 14.8 Å². The van der Waals surface area contributed by atoms with Crippen LogP contribution >= 0.6 is 0 Å². The normalized spacial score (nSPS) is 17.0. The SMILES string of the molecule is COc1cccc(C2CCCN2CC(=O)Nc2ccc(OC)c(S(=O)(=O)N(C)C)c2)c1. The molecule has 0 aromatic heterocycles. The van der Waals surface area contributed by atoms with Crippen LogP contribution in [0.5, 0.6) is 11.5 Å². The number of sulfonamides is 1. The maximum atomic E-state index is 12.7. The number of nitrogens with zero attached hydrogens (tertiary/aromatic N) is 2. The second-order valence-corrected chi connectivity index (χ2v) is 9.73. The summed E-state index contributed by atoms with van der Waals surface area (Å²) < 4.78 is 36.8. The Kier molecular flexibility index (Phi) is 7.19. The molecule has 0 radical (unpaired) electrons. The maximum absolute atomic E-state index is 12.7. The van der Waals surface area contributed by atoms with E-state index in [0.717, 1.165) is 35.0 Å². The van der Waals surface area contributed by atoms with Crippen molar-refractivity contribution < 1.29 is 22.7 Å². The molecule has 0 aliphatic carbocycles. The Morgan fingerprint density at radius 3 is 2.61 bits per heavy atom. The molecule has 1 aliphatic rings. The molecule has 1 aliphatic heterocycles. The van der Waals surface area contributed by atoms with Crippen molar-refractivity contribution in [2.24, 2.45) is 0 Å². The minimum Gasteiger partial charge on any atom is -0.497 e. The molecule has 0 saturated carbocycles. The maximum Gasteiger partial charge on any atom is 0.246 e. The smallest absolute Gasteiger partial charge is 0.246 e. The van der Waals surface area contributed by atoms with Gasteiger partial charge in [0.25, 0.3) is 0 Å². The zero-order chi connectivity index (χ0) is 22.6. The van der Waals surface area contributed by atoms with Crippen molar-refractivity contribution in [2.75, 3.05) is 46.7 Å². The molecule has 1 saturated heterocycles. The Labute approximate surface area is 183 Å². The molecular formula is C22H29N3O5S. The Morgan fingerprint density at radius 1 is 1.16 bits per heavy atom. The third-order valence-electron chi connectivity index (χ3n) is 5.39. The standard InChI is InChI=1S/C22H29N3O5S/c1-24(2)31(27,28)21-14-17(10-11-20(21)30-4)23-22(26)15-25-12-6-9-19(25)16-7-5-8-18(13-16)29-3/h5,7-8,10-11,13-14,19H,6,9,12,15H2,1-4H3,(H,23,26). The van der Waals surface area contributed by atoms with Crippen LogP contribution in [0.4, 0.5) is 5.69 Å². The van der Waals surface area contributed by atoms with Crippen LogP contribution in [0.1, 0.15) is 24.4 Å². The van der Waals surface area contributed by atoms with Crippen molar-refractivity contribution in [1.82, 2.24) is 9.21 Å². The van der Waals surface area contributed by atoms with Crippen molar-refractivity contribution in [3.63, 3.8) is 0 Å². The van der Waals surface area contributed by atoms with Crippen LogP contribution in [-0.2, 0) is 14.8 Å². The molecule has 2 aromatic rings. The summed E-state index contributed by atoms with van der Waals surface area (Å²) in [4.78, 5) is 14.9. The summed E-state index contributed by atoms with van der Waals surface area (Å²) in [6.07, 6.45) is 1.97. The van der Waals surface area contributed by atoms with Crippen LogP contribution in [0.25, 0.3) is 0 Å². The van der Waals surface area contributed by atoms with Crippen LogP contribution in [-0.4, -0.2) is 64.9 Å². The number of carbonyl (C=O) groups excluding carboxylic acids is 1. The van der Waals surface area contributed by atoms with Crippen molar-refractivity contribution in [3.05, 3.63) is 48.0 Å². The predicted molar refractivity (Wildman–Crippen MR) is 119 cm³/mol. The number of benzene rings is 2. The van der Waals surface area contributed by atoms with Gasteiger partial charge in [0.15, 0.2) is 0 Å².